The van der Waals surface area contributed by atoms with Gasteiger partial charge in [0.2, 0.25) is 5.91 Å². The van der Waals surface area contributed by atoms with Gasteiger partial charge in [-0.25, -0.2) is 9.67 Å². The molecule has 3 rings (SSSR count). The van der Waals surface area contributed by atoms with Gasteiger partial charge in [-0.2, -0.15) is 10.4 Å². The molecule has 2 N–H and O–H groups in total. The Morgan fingerprint density at radius 3 is 2.66 bits per heavy atom. The van der Waals surface area contributed by atoms with E-state index in [0.717, 1.165) is 0 Å². The van der Waals surface area contributed by atoms with Crippen LogP contribution in [0.2, 0.25) is 10.0 Å². The van der Waals surface area contributed by atoms with E-state index in [9.17, 15) is 14.4 Å². The van der Waals surface area contributed by atoms with Crippen LogP contribution in [0.4, 0.5) is 5.69 Å². The third-order valence-electron chi connectivity index (χ3n) is 4.13. The second-order valence-corrected chi connectivity index (χ2v) is 8.04. The van der Waals surface area contributed by atoms with Gasteiger partial charge in [-0.15, -0.1) is 0 Å². The summed E-state index contributed by atoms with van der Waals surface area (Å²) in [5.74, 6) is -1.97. The number of benzene rings is 1. The van der Waals surface area contributed by atoms with Crippen LogP contribution in [0.1, 0.15) is 32.8 Å². The minimum absolute atomic E-state index is 0.0457. The summed E-state index contributed by atoms with van der Waals surface area (Å²) in [7, 11) is 0. The van der Waals surface area contributed by atoms with Crippen molar-refractivity contribution in [1.29, 1.82) is 5.26 Å². The van der Waals surface area contributed by atoms with Gasteiger partial charge in [0.15, 0.2) is 5.82 Å². The number of hydrogen-bond donors (Lipinski definition) is 2. The molecule has 0 saturated carbocycles. The molecule has 3 amide bonds. The topological polar surface area (TPSA) is 130 Å². The second kappa shape index (κ2) is 9.91. The first kappa shape index (κ1) is 23.4. The van der Waals surface area contributed by atoms with Crippen LogP contribution < -0.4 is 10.6 Å². The molecule has 0 bridgehead atoms. The highest BCUT2D eigenvalue weighted by atomic mass is 79.9. The molecule has 0 unspecified atom stereocenters. The van der Waals surface area contributed by atoms with Gasteiger partial charge in [0.1, 0.15) is 16.7 Å². The Hall–Kier alpha value is -3.26. The van der Waals surface area contributed by atoms with Crippen LogP contribution in [0.5, 0.6) is 0 Å². The van der Waals surface area contributed by atoms with Crippen LogP contribution >= 0.6 is 39.1 Å². The maximum absolute atomic E-state index is 13.1. The number of aryl methyl sites for hydroxylation is 1. The first-order valence-electron chi connectivity index (χ1n) is 8.90. The van der Waals surface area contributed by atoms with Crippen LogP contribution in [-0.4, -0.2) is 32.5 Å². The smallest absolute Gasteiger partial charge is 0.274 e. The van der Waals surface area contributed by atoms with E-state index in [1.165, 1.54) is 23.0 Å². The van der Waals surface area contributed by atoms with Crippen molar-refractivity contribution in [2.24, 2.45) is 0 Å². The summed E-state index contributed by atoms with van der Waals surface area (Å²) in [4.78, 5) is 41.6. The molecule has 12 heteroatoms. The van der Waals surface area contributed by atoms with Crippen molar-refractivity contribution in [1.82, 2.24) is 20.1 Å². The Morgan fingerprint density at radius 1 is 1.22 bits per heavy atom. The molecule has 0 fully saturated rings. The Morgan fingerprint density at radius 2 is 1.97 bits per heavy atom. The maximum atomic E-state index is 13.1. The van der Waals surface area contributed by atoms with Crippen molar-refractivity contribution in [3.8, 4) is 11.9 Å². The maximum Gasteiger partial charge on any atom is 0.274 e. The summed E-state index contributed by atoms with van der Waals surface area (Å²) in [6.07, 6.45) is 1.01. The molecule has 32 heavy (non-hydrogen) atoms. The zero-order valence-corrected chi connectivity index (χ0v) is 19.4. The van der Waals surface area contributed by atoms with Gasteiger partial charge < -0.3 is 5.32 Å². The summed E-state index contributed by atoms with van der Waals surface area (Å²) >= 11 is 15.5. The molecule has 2 heterocycles. The lowest BCUT2D eigenvalue weighted by Gasteiger charge is -2.15. The van der Waals surface area contributed by atoms with Gasteiger partial charge in [-0.1, -0.05) is 23.2 Å². The lowest BCUT2D eigenvalue weighted by atomic mass is 10.1. The number of carbonyl (C=O) groups is 3. The lowest BCUT2D eigenvalue weighted by Crippen LogP contribution is -2.31. The summed E-state index contributed by atoms with van der Waals surface area (Å²) in [6, 6.07) is 9.21. The number of aromatic nitrogens is 3. The average Bonchev–Trinajstić information content (AvgIpc) is 3.11. The Balaban J connectivity index is 1.99. The third kappa shape index (κ3) is 5.13. The van der Waals surface area contributed by atoms with Crippen molar-refractivity contribution >= 4 is 62.5 Å². The van der Waals surface area contributed by atoms with E-state index in [1.54, 1.807) is 31.2 Å². The first-order chi connectivity index (χ1) is 15.2. The highest BCUT2D eigenvalue weighted by Crippen LogP contribution is 2.27. The predicted octanol–water partition coefficient (Wildman–Crippen LogP) is 4.07. The number of halogens is 3. The molecule has 3 aromatic rings. The zero-order valence-electron chi connectivity index (χ0n) is 16.3. The van der Waals surface area contributed by atoms with Gasteiger partial charge in [-0.3, -0.25) is 19.7 Å². The fourth-order valence-electron chi connectivity index (χ4n) is 2.78. The van der Waals surface area contributed by atoms with E-state index < -0.39 is 24.1 Å². The van der Waals surface area contributed by atoms with E-state index >= 15 is 0 Å². The number of pyridine rings is 1. The van der Waals surface area contributed by atoms with Gasteiger partial charge in [0.05, 0.1) is 22.3 Å². The normalized spacial score (nSPS) is 10.3. The van der Waals surface area contributed by atoms with Gasteiger partial charge in [0, 0.05) is 17.3 Å². The SMILES string of the molecule is Cc1cc(Cl)cc(C(=O)NC(=O)CC#N)c1NC(=O)c1cc(Br)nn1-c1ncccc1Cl. The highest BCUT2D eigenvalue weighted by Gasteiger charge is 2.23. The van der Waals surface area contributed by atoms with Crippen LogP contribution in [0.25, 0.3) is 5.82 Å². The Bertz CT molecular complexity index is 1280. The number of carbonyl (C=O) groups excluding carboxylic acids is 3. The second-order valence-electron chi connectivity index (χ2n) is 6.38. The standard InChI is InChI=1S/C20H13BrCl2N6O3/c1-10-7-11(22)8-12(19(31)26-16(30)4-5-24)17(10)27-20(32)14-9-15(21)28-29(14)18-13(23)3-2-6-25-18/h2-3,6-9H,4H2,1H3,(H,27,32)(H,26,30,31). The number of anilines is 1. The lowest BCUT2D eigenvalue weighted by molar-refractivity contribution is -0.119. The Labute approximate surface area is 200 Å². The van der Waals surface area contributed by atoms with Crippen molar-refractivity contribution < 1.29 is 14.4 Å². The number of rotatable bonds is 5. The van der Waals surface area contributed by atoms with E-state index in [0.29, 0.717) is 10.2 Å². The number of hydrogen-bond acceptors (Lipinski definition) is 6. The van der Waals surface area contributed by atoms with Crippen LogP contribution in [-0.2, 0) is 4.79 Å². The molecule has 2 aromatic heterocycles. The molecule has 0 spiro atoms. The van der Waals surface area contributed by atoms with Crippen molar-refractivity contribution in [3.63, 3.8) is 0 Å². The van der Waals surface area contributed by atoms with E-state index in [-0.39, 0.29) is 32.8 Å². The van der Waals surface area contributed by atoms with Crippen molar-refractivity contribution in [3.05, 3.63) is 68.0 Å². The molecule has 0 aliphatic rings. The Kier molecular flexibility index (Phi) is 7.25. The minimum Gasteiger partial charge on any atom is -0.320 e. The fraction of sp³-hybridized carbons (Fsp3) is 0.100. The predicted molar refractivity (Wildman–Crippen MR) is 121 cm³/mol. The van der Waals surface area contributed by atoms with Crippen molar-refractivity contribution in [2.45, 2.75) is 13.3 Å². The van der Waals surface area contributed by atoms with Crippen molar-refractivity contribution in [2.75, 3.05) is 5.32 Å². The molecule has 0 aliphatic carbocycles. The summed E-state index contributed by atoms with van der Waals surface area (Å²) < 4.78 is 1.61. The first-order valence-corrected chi connectivity index (χ1v) is 10.4. The number of imide groups is 1. The number of nitrogens with one attached hydrogen (secondary N) is 2. The molecule has 1 aromatic carbocycles. The van der Waals surface area contributed by atoms with E-state index in [1.807, 2.05) is 0 Å². The number of nitrogens with zero attached hydrogens (tertiary/aromatic N) is 4. The molecule has 0 atom stereocenters. The monoisotopic (exact) mass is 534 g/mol. The largest absolute Gasteiger partial charge is 0.320 e. The van der Waals surface area contributed by atoms with E-state index in [2.05, 4.69) is 36.6 Å². The quantitative estimate of drug-likeness (QED) is 0.506. The fourth-order valence-corrected chi connectivity index (χ4v) is 3.63. The molecular weight excluding hydrogens is 523 g/mol. The van der Waals surface area contributed by atoms with Crippen LogP contribution in [0, 0.1) is 18.3 Å². The minimum atomic E-state index is -0.811. The zero-order chi connectivity index (χ0) is 23.4. The molecule has 0 saturated heterocycles. The summed E-state index contributed by atoms with van der Waals surface area (Å²) in [5, 5.41) is 18.1. The molecule has 9 nitrogen and oxygen atoms in total. The number of nitriles is 1. The molecular formula is C20H13BrCl2N6O3. The van der Waals surface area contributed by atoms with Crippen LogP contribution in [0.3, 0.4) is 0 Å². The third-order valence-corrected chi connectivity index (χ3v) is 5.03. The molecule has 162 valence electrons. The van der Waals surface area contributed by atoms with Gasteiger partial charge >= 0.3 is 0 Å². The summed E-state index contributed by atoms with van der Waals surface area (Å²) in [5.41, 5.74) is 0.650. The average molecular weight is 536 g/mol. The highest BCUT2D eigenvalue weighted by molar-refractivity contribution is 9.10. The van der Waals surface area contributed by atoms with Gasteiger partial charge in [0.25, 0.3) is 11.8 Å². The van der Waals surface area contributed by atoms with E-state index in [4.69, 9.17) is 28.5 Å². The molecule has 0 aliphatic heterocycles. The van der Waals surface area contributed by atoms with Gasteiger partial charge in [-0.05, 0) is 52.7 Å². The van der Waals surface area contributed by atoms with Crippen LogP contribution in [0.15, 0.2) is 41.1 Å². The number of amides is 3. The summed E-state index contributed by atoms with van der Waals surface area (Å²) in [6.45, 7) is 1.64. The molecule has 0 radical (unpaired) electrons.